The van der Waals surface area contributed by atoms with Gasteiger partial charge in [-0.05, 0) is 31.6 Å². The van der Waals surface area contributed by atoms with Gasteiger partial charge in [0.1, 0.15) is 0 Å². The summed E-state index contributed by atoms with van der Waals surface area (Å²) >= 11 is 0. The Bertz CT molecular complexity index is 228. The van der Waals surface area contributed by atoms with Crippen LogP contribution in [-0.4, -0.2) is 25.0 Å². The maximum Gasteiger partial charge on any atom is 0.236 e. The summed E-state index contributed by atoms with van der Waals surface area (Å²) < 4.78 is 0. The lowest BCUT2D eigenvalue weighted by Crippen LogP contribution is -2.47. The highest BCUT2D eigenvalue weighted by Gasteiger charge is 2.25. The van der Waals surface area contributed by atoms with Crippen LogP contribution in [0.1, 0.15) is 46.5 Å². The van der Waals surface area contributed by atoms with Gasteiger partial charge in [0.25, 0.3) is 0 Å². The molecule has 3 heteroatoms. The SMILES string of the molecule is CNC(=O)C(C)NC1CCCC(C(C)C)C1. The van der Waals surface area contributed by atoms with E-state index in [9.17, 15) is 4.79 Å². The first-order chi connectivity index (χ1) is 7.54. The number of hydrogen-bond acceptors (Lipinski definition) is 2. The molecule has 16 heavy (non-hydrogen) atoms. The van der Waals surface area contributed by atoms with Gasteiger partial charge in [-0.2, -0.15) is 0 Å². The first-order valence-electron chi connectivity index (χ1n) is 6.52. The molecule has 1 rings (SSSR count). The molecular formula is C13H26N2O. The Kier molecular flexibility index (Phi) is 5.26. The minimum atomic E-state index is -0.0686. The fourth-order valence-electron chi connectivity index (χ4n) is 2.63. The molecule has 0 aromatic rings. The summed E-state index contributed by atoms with van der Waals surface area (Å²) in [6.45, 7) is 6.54. The van der Waals surface area contributed by atoms with Gasteiger partial charge in [0.15, 0.2) is 0 Å². The number of nitrogens with one attached hydrogen (secondary N) is 2. The summed E-state index contributed by atoms with van der Waals surface area (Å²) in [5.41, 5.74) is 0. The van der Waals surface area contributed by atoms with Gasteiger partial charge < -0.3 is 10.6 Å². The molecule has 3 atom stereocenters. The van der Waals surface area contributed by atoms with Crippen LogP contribution >= 0.6 is 0 Å². The summed E-state index contributed by atoms with van der Waals surface area (Å²) in [6.07, 6.45) is 5.08. The number of carbonyl (C=O) groups is 1. The lowest BCUT2D eigenvalue weighted by molar-refractivity contribution is -0.122. The molecule has 1 amide bonds. The fourth-order valence-corrected chi connectivity index (χ4v) is 2.63. The molecule has 1 aliphatic rings. The molecule has 0 aliphatic heterocycles. The van der Waals surface area contributed by atoms with E-state index in [-0.39, 0.29) is 11.9 Å². The van der Waals surface area contributed by atoms with Gasteiger partial charge in [-0.1, -0.05) is 26.7 Å². The fraction of sp³-hybridized carbons (Fsp3) is 0.923. The zero-order valence-electron chi connectivity index (χ0n) is 11.0. The van der Waals surface area contributed by atoms with Crippen LogP contribution in [0.3, 0.4) is 0 Å². The minimum Gasteiger partial charge on any atom is -0.358 e. The molecule has 3 nitrogen and oxygen atoms in total. The molecule has 1 saturated carbocycles. The summed E-state index contributed by atoms with van der Waals surface area (Å²) in [5, 5.41) is 6.13. The third-order valence-electron chi connectivity index (χ3n) is 3.78. The summed E-state index contributed by atoms with van der Waals surface area (Å²) in [5.74, 6) is 1.68. The van der Waals surface area contributed by atoms with Gasteiger partial charge in [0.05, 0.1) is 6.04 Å². The molecule has 1 fully saturated rings. The molecule has 0 bridgehead atoms. The highest BCUT2D eigenvalue weighted by Crippen LogP contribution is 2.30. The van der Waals surface area contributed by atoms with E-state index in [1.165, 1.54) is 25.7 Å². The minimum absolute atomic E-state index is 0.0686. The highest BCUT2D eigenvalue weighted by atomic mass is 16.2. The van der Waals surface area contributed by atoms with Crippen molar-refractivity contribution in [2.45, 2.75) is 58.5 Å². The first-order valence-corrected chi connectivity index (χ1v) is 6.52. The Morgan fingerprint density at radius 1 is 1.25 bits per heavy atom. The van der Waals surface area contributed by atoms with E-state index < -0.39 is 0 Å². The Labute approximate surface area is 99.4 Å². The van der Waals surface area contributed by atoms with Crippen LogP contribution in [0, 0.1) is 11.8 Å². The lowest BCUT2D eigenvalue weighted by atomic mass is 9.79. The topological polar surface area (TPSA) is 41.1 Å². The van der Waals surface area contributed by atoms with Crippen LogP contribution in [0.4, 0.5) is 0 Å². The third kappa shape index (κ3) is 3.78. The zero-order chi connectivity index (χ0) is 12.1. The largest absolute Gasteiger partial charge is 0.358 e. The zero-order valence-corrected chi connectivity index (χ0v) is 11.0. The van der Waals surface area contributed by atoms with Crippen molar-refractivity contribution in [1.29, 1.82) is 0 Å². The van der Waals surface area contributed by atoms with E-state index in [0.29, 0.717) is 6.04 Å². The van der Waals surface area contributed by atoms with Gasteiger partial charge in [-0.25, -0.2) is 0 Å². The average Bonchev–Trinajstić information content (AvgIpc) is 2.28. The van der Waals surface area contributed by atoms with Crippen molar-refractivity contribution >= 4 is 5.91 Å². The third-order valence-corrected chi connectivity index (χ3v) is 3.78. The van der Waals surface area contributed by atoms with Crippen molar-refractivity contribution in [3.8, 4) is 0 Å². The summed E-state index contributed by atoms with van der Waals surface area (Å²) in [4.78, 5) is 11.4. The molecule has 0 radical (unpaired) electrons. The summed E-state index contributed by atoms with van der Waals surface area (Å²) in [6, 6.07) is 0.453. The normalized spacial score (nSPS) is 27.8. The smallest absolute Gasteiger partial charge is 0.236 e. The van der Waals surface area contributed by atoms with Gasteiger partial charge >= 0.3 is 0 Å². The van der Waals surface area contributed by atoms with Crippen molar-refractivity contribution in [2.24, 2.45) is 11.8 Å². The van der Waals surface area contributed by atoms with E-state index in [2.05, 4.69) is 24.5 Å². The molecule has 0 saturated heterocycles. The lowest BCUT2D eigenvalue weighted by Gasteiger charge is -2.33. The van der Waals surface area contributed by atoms with Crippen molar-refractivity contribution in [3.05, 3.63) is 0 Å². The van der Waals surface area contributed by atoms with Crippen molar-refractivity contribution in [1.82, 2.24) is 10.6 Å². The first kappa shape index (κ1) is 13.5. The maximum atomic E-state index is 11.4. The molecule has 1 aliphatic carbocycles. The number of carbonyl (C=O) groups excluding carboxylic acids is 1. The maximum absolute atomic E-state index is 11.4. The van der Waals surface area contributed by atoms with Crippen molar-refractivity contribution < 1.29 is 4.79 Å². The quantitative estimate of drug-likeness (QED) is 0.769. The van der Waals surface area contributed by atoms with E-state index in [4.69, 9.17) is 0 Å². The molecule has 0 aromatic heterocycles. The number of amides is 1. The predicted octanol–water partition coefficient (Wildman–Crippen LogP) is 1.93. The van der Waals surface area contributed by atoms with E-state index in [1.807, 2.05) is 6.92 Å². The Balaban J connectivity index is 2.39. The molecule has 0 spiro atoms. The van der Waals surface area contributed by atoms with Gasteiger partial charge in [-0.15, -0.1) is 0 Å². The number of hydrogen-bond donors (Lipinski definition) is 2. The van der Waals surface area contributed by atoms with Crippen LogP contribution in [0.5, 0.6) is 0 Å². The molecule has 2 N–H and O–H groups in total. The Morgan fingerprint density at radius 3 is 2.50 bits per heavy atom. The average molecular weight is 226 g/mol. The Morgan fingerprint density at radius 2 is 1.94 bits per heavy atom. The number of rotatable bonds is 4. The molecular weight excluding hydrogens is 200 g/mol. The molecule has 0 heterocycles. The second-order valence-corrected chi connectivity index (χ2v) is 5.37. The molecule has 0 aromatic carbocycles. The van der Waals surface area contributed by atoms with Crippen LogP contribution < -0.4 is 10.6 Å². The predicted molar refractivity (Wildman–Crippen MR) is 67.2 cm³/mol. The van der Waals surface area contributed by atoms with Crippen LogP contribution in [0.2, 0.25) is 0 Å². The monoisotopic (exact) mass is 226 g/mol. The molecule has 3 unspecified atom stereocenters. The number of likely N-dealkylation sites (N-methyl/N-ethyl adjacent to an activating group) is 1. The van der Waals surface area contributed by atoms with Gasteiger partial charge in [0.2, 0.25) is 5.91 Å². The van der Waals surface area contributed by atoms with Crippen LogP contribution in [0.15, 0.2) is 0 Å². The van der Waals surface area contributed by atoms with E-state index in [0.717, 1.165) is 11.8 Å². The highest BCUT2D eigenvalue weighted by molar-refractivity contribution is 5.80. The molecule has 94 valence electrons. The van der Waals surface area contributed by atoms with E-state index in [1.54, 1.807) is 7.05 Å². The summed E-state index contributed by atoms with van der Waals surface area (Å²) in [7, 11) is 1.69. The van der Waals surface area contributed by atoms with Crippen molar-refractivity contribution in [3.63, 3.8) is 0 Å². The van der Waals surface area contributed by atoms with Gasteiger partial charge in [0, 0.05) is 13.1 Å². The van der Waals surface area contributed by atoms with E-state index >= 15 is 0 Å². The standard InChI is InChI=1S/C13H26N2O/c1-9(2)11-6-5-7-12(8-11)15-10(3)13(16)14-4/h9-12,15H,5-8H2,1-4H3,(H,14,16). The van der Waals surface area contributed by atoms with Crippen molar-refractivity contribution in [2.75, 3.05) is 7.05 Å². The van der Waals surface area contributed by atoms with Crippen LogP contribution in [-0.2, 0) is 4.79 Å². The Hall–Kier alpha value is -0.570. The van der Waals surface area contributed by atoms with Crippen LogP contribution in [0.25, 0.3) is 0 Å². The van der Waals surface area contributed by atoms with Gasteiger partial charge in [-0.3, -0.25) is 4.79 Å². The second kappa shape index (κ2) is 6.24. The second-order valence-electron chi connectivity index (χ2n) is 5.37.